The summed E-state index contributed by atoms with van der Waals surface area (Å²) in [5.41, 5.74) is -0.212. The summed E-state index contributed by atoms with van der Waals surface area (Å²) >= 11 is 0. The van der Waals surface area contributed by atoms with Crippen molar-refractivity contribution >= 4 is 21.7 Å². The van der Waals surface area contributed by atoms with Gasteiger partial charge in [-0.05, 0) is 25.0 Å². The first kappa shape index (κ1) is 15.1. The number of carboxylic acids is 1. The number of carbonyl (C=O) groups excluding carboxylic acids is 1. The molecule has 0 heterocycles. The summed E-state index contributed by atoms with van der Waals surface area (Å²) < 4.78 is 25.6. The van der Waals surface area contributed by atoms with Gasteiger partial charge in [-0.2, -0.15) is 0 Å². The van der Waals surface area contributed by atoms with Gasteiger partial charge < -0.3 is 9.90 Å². The van der Waals surface area contributed by atoms with E-state index in [1.54, 1.807) is 0 Å². The van der Waals surface area contributed by atoms with E-state index in [4.69, 9.17) is 0 Å². The molecule has 0 aliphatic heterocycles. The molecule has 8 nitrogen and oxygen atoms in total. The summed E-state index contributed by atoms with van der Waals surface area (Å²) in [6, 6.07) is 4.38. The summed E-state index contributed by atoms with van der Waals surface area (Å²) in [5, 5.41) is 20.6. The van der Waals surface area contributed by atoms with Crippen LogP contribution >= 0.6 is 0 Å². The summed E-state index contributed by atoms with van der Waals surface area (Å²) in [5.74, 6) is -1.26. The van der Waals surface area contributed by atoms with Gasteiger partial charge >= 0.3 is 0 Å². The van der Waals surface area contributed by atoms with Gasteiger partial charge in [0.1, 0.15) is 0 Å². The zero-order valence-corrected chi connectivity index (χ0v) is 10.6. The van der Waals surface area contributed by atoms with Crippen LogP contribution in [0.3, 0.4) is 0 Å². The number of nitro benzene ring substituents is 1. The molecule has 0 spiro atoms. The molecule has 9 heteroatoms. The van der Waals surface area contributed by atoms with Crippen LogP contribution in [-0.4, -0.2) is 25.9 Å². The number of nitrogens with zero attached hydrogens (tertiary/aromatic N) is 1. The molecule has 1 N–H and O–H groups in total. The van der Waals surface area contributed by atoms with E-state index in [9.17, 15) is 28.4 Å². The summed E-state index contributed by atoms with van der Waals surface area (Å²) in [7, 11) is -3.79. The number of rotatable bonds is 7. The van der Waals surface area contributed by atoms with Gasteiger partial charge in [0, 0.05) is 24.6 Å². The average molecular weight is 287 g/mol. The molecular formula is C10H11N2O6S-. The van der Waals surface area contributed by atoms with Gasteiger partial charge in [-0.1, -0.05) is 0 Å². The number of carboxylic acid groups (broad SMARTS) is 1. The maximum absolute atomic E-state index is 11.7. The lowest BCUT2D eigenvalue weighted by Crippen LogP contribution is -2.27. The normalized spacial score (nSPS) is 11.2. The molecule has 1 aromatic carbocycles. The monoisotopic (exact) mass is 287 g/mol. The van der Waals surface area contributed by atoms with Crippen LogP contribution in [0.4, 0.5) is 5.69 Å². The molecule has 0 aliphatic rings. The standard InChI is InChI=1S/C10H12N2O6S/c13-10(14)2-1-7-11-19(17,18)9-5-3-8(4-6-9)12(15)16/h3-6,11H,1-2,7H2,(H,13,14)/p-1. The third kappa shape index (κ3) is 4.64. The number of hydrogen-bond acceptors (Lipinski definition) is 6. The molecule has 0 aliphatic carbocycles. The quantitative estimate of drug-likeness (QED) is 0.405. The number of non-ortho nitro benzene ring substituents is 1. The van der Waals surface area contributed by atoms with Crippen molar-refractivity contribution in [1.82, 2.24) is 4.72 Å². The van der Waals surface area contributed by atoms with Gasteiger partial charge in [0.05, 0.1) is 9.82 Å². The predicted molar refractivity (Wildman–Crippen MR) is 62.5 cm³/mol. The molecule has 0 saturated heterocycles. The van der Waals surface area contributed by atoms with Crippen molar-refractivity contribution in [3.8, 4) is 0 Å². The first-order chi connectivity index (χ1) is 8.83. The molecule has 0 radical (unpaired) electrons. The van der Waals surface area contributed by atoms with E-state index >= 15 is 0 Å². The molecule has 1 rings (SSSR count). The van der Waals surface area contributed by atoms with E-state index < -0.39 is 20.9 Å². The molecule has 0 aromatic heterocycles. The van der Waals surface area contributed by atoms with E-state index in [0.29, 0.717) is 0 Å². The Morgan fingerprint density at radius 3 is 2.32 bits per heavy atom. The lowest BCUT2D eigenvalue weighted by molar-refractivity contribution is -0.384. The Morgan fingerprint density at radius 2 is 1.84 bits per heavy atom. The Morgan fingerprint density at radius 1 is 1.26 bits per heavy atom. The molecule has 0 bridgehead atoms. The fraction of sp³-hybridized carbons (Fsp3) is 0.300. The van der Waals surface area contributed by atoms with Crippen molar-refractivity contribution < 1.29 is 23.2 Å². The largest absolute Gasteiger partial charge is 0.550 e. The Labute approximate surface area is 109 Å². The zero-order chi connectivity index (χ0) is 14.5. The summed E-state index contributed by atoms with van der Waals surface area (Å²) in [4.78, 5) is 19.8. The van der Waals surface area contributed by atoms with Gasteiger partial charge in [-0.3, -0.25) is 10.1 Å². The Bertz CT molecular complexity index is 566. The zero-order valence-electron chi connectivity index (χ0n) is 9.74. The highest BCUT2D eigenvalue weighted by molar-refractivity contribution is 7.89. The number of benzene rings is 1. The molecule has 0 unspecified atom stereocenters. The van der Waals surface area contributed by atoms with Crippen molar-refractivity contribution in [2.75, 3.05) is 6.54 Å². The van der Waals surface area contributed by atoms with Gasteiger partial charge in [0.2, 0.25) is 10.0 Å². The molecular weight excluding hydrogens is 276 g/mol. The van der Waals surface area contributed by atoms with Gasteiger partial charge in [-0.25, -0.2) is 13.1 Å². The molecule has 0 amide bonds. The number of sulfonamides is 1. The van der Waals surface area contributed by atoms with Crippen molar-refractivity contribution in [2.45, 2.75) is 17.7 Å². The molecule has 19 heavy (non-hydrogen) atoms. The Hall–Kier alpha value is -2.00. The highest BCUT2D eigenvalue weighted by atomic mass is 32.2. The SMILES string of the molecule is O=C([O-])CCCNS(=O)(=O)c1ccc([N+](=O)[O-])cc1. The van der Waals surface area contributed by atoms with Crippen LogP contribution in [0, 0.1) is 10.1 Å². The number of aliphatic carboxylic acids is 1. The molecule has 0 saturated carbocycles. The van der Waals surface area contributed by atoms with E-state index in [1.807, 2.05) is 0 Å². The fourth-order valence-electron chi connectivity index (χ4n) is 1.27. The van der Waals surface area contributed by atoms with Crippen LogP contribution in [0.5, 0.6) is 0 Å². The highest BCUT2D eigenvalue weighted by Gasteiger charge is 2.14. The lowest BCUT2D eigenvalue weighted by atomic mass is 10.3. The summed E-state index contributed by atoms with van der Waals surface area (Å²) in [6.07, 6.45) is -0.142. The molecule has 0 fully saturated rings. The molecule has 0 atom stereocenters. The topological polar surface area (TPSA) is 129 Å². The number of carbonyl (C=O) groups is 1. The minimum Gasteiger partial charge on any atom is -0.550 e. The van der Waals surface area contributed by atoms with Gasteiger partial charge in [0.15, 0.2) is 0 Å². The number of hydrogen-bond donors (Lipinski definition) is 1. The lowest BCUT2D eigenvalue weighted by Gasteiger charge is -2.06. The van der Waals surface area contributed by atoms with Gasteiger partial charge in [-0.15, -0.1) is 0 Å². The van der Waals surface area contributed by atoms with E-state index in [1.165, 1.54) is 0 Å². The van der Waals surface area contributed by atoms with Crippen LogP contribution in [0.1, 0.15) is 12.8 Å². The van der Waals surface area contributed by atoms with Crippen LogP contribution in [0.2, 0.25) is 0 Å². The number of nitrogens with one attached hydrogen (secondary N) is 1. The first-order valence-electron chi connectivity index (χ1n) is 5.27. The first-order valence-corrected chi connectivity index (χ1v) is 6.75. The smallest absolute Gasteiger partial charge is 0.269 e. The second-order valence-corrected chi connectivity index (χ2v) is 5.39. The van der Waals surface area contributed by atoms with Crippen molar-refractivity contribution in [3.05, 3.63) is 34.4 Å². The Kier molecular flexibility index (Phi) is 4.95. The second kappa shape index (κ2) is 6.25. The van der Waals surface area contributed by atoms with Crippen molar-refractivity contribution in [2.24, 2.45) is 0 Å². The minimum absolute atomic E-state index is 0.0483. The minimum atomic E-state index is -3.79. The van der Waals surface area contributed by atoms with Crippen LogP contribution in [0.15, 0.2) is 29.2 Å². The number of nitro groups is 1. The van der Waals surface area contributed by atoms with Gasteiger partial charge in [0.25, 0.3) is 5.69 Å². The van der Waals surface area contributed by atoms with Crippen molar-refractivity contribution in [3.63, 3.8) is 0 Å². The second-order valence-electron chi connectivity index (χ2n) is 3.62. The fourth-order valence-corrected chi connectivity index (χ4v) is 2.34. The maximum atomic E-state index is 11.7. The Balaban J connectivity index is 2.66. The maximum Gasteiger partial charge on any atom is 0.269 e. The van der Waals surface area contributed by atoms with Crippen LogP contribution in [-0.2, 0) is 14.8 Å². The average Bonchev–Trinajstić information content (AvgIpc) is 2.34. The molecule has 1 aromatic rings. The predicted octanol–water partition coefficient (Wildman–Crippen LogP) is -0.597. The van der Waals surface area contributed by atoms with Crippen LogP contribution < -0.4 is 9.83 Å². The third-order valence-corrected chi connectivity index (χ3v) is 3.68. The third-order valence-electron chi connectivity index (χ3n) is 2.21. The van der Waals surface area contributed by atoms with Crippen molar-refractivity contribution in [1.29, 1.82) is 0 Å². The molecule has 104 valence electrons. The van der Waals surface area contributed by atoms with E-state index in [-0.39, 0.29) is 30.0 Å². The summed E-state index contributed by atoms with van der Waals surface area (Å²) in [6.45, 7) is -0.0483. The highest BCUT2D eigenvalue weighted by Crippen LogP contribution is 2.15. The van der Waals surface area contributed by atoms with Crippen LogP contribution in [0.25, 0.3) is 0 Å². The van der Waals surface area contributed by atoms with E-state index in [0.717, 1.165) is 24.3 Å². The van der Waals surface area contributed by atoms with E-state index in [2.05, 4.69) is 4.72 Å².